The highest BCUT2D eigenvalue weighted by atomic mass is 16.1. The van der Waals surface area contributed by atoms with Crippen molar-refractivity contribution in [3.05, 3.63) is 71.9 Å². The van der Waals surface area contributed by atoms with Crippen LogP contribution in [0.4, 0.5) is 5.69 Å². The summed E-state index contributed by atoms with van der Waals surface area (Å²) in [6.45, 7) is 1.89. The molecule has 110 valence electrons. The largest absolute Gasteiger partial charge is 0.324 e. The van der Waals surface area contributed by atoms with Gasteiger partial charge in [0.15, 0.2) is 0 Å². The van der Waals surface area contributed by atoms with E-state index in [-0.39, 0.29) is 11.9 Å². The second kappa shape index (κ2) is 5.95. The maximum absolute atomic E-state index is 12.4. The van der Waals surface area contributed by atoms with Crippen LogP contribution < -0.4 is 11.1 Å². The number of nitrogens with one attached hydrogen (secondary N) is 1. The van der Waals surface area contributed by atoms with Crippen LogP contribution in [0.25, 0.3) is 10.9 Å². The van der Waals surface area contributed by atoms with E-state index in [1.54, 1.807) is 6.07 Å². The predicted molar refractivity (Wildman–Crippen MR) is 88.7 cm³/mol. The number of hydrogen-bond acceptors (Lipinski definition) is 3. The molecular weight excluding hydrogens is 274 g/mol. The molecule has 1 unspecified atom stereocenters. The average molecular weight is 291 g/mol. The minimum Gasteiger partial charge on any atom is -0.324 e. The Balaban J connectivity index is 1.90. The van der Waals surface area contributed by atoms with Gasteiger partial charge < -0.3 is 11.1 Å². The molecule has 0 aliphatic heterocycles. The Labute approximate surface area is 129 Å². The Hall–Kier alpha value is -2.72. The summed E-state index contributed by atoms with van der Waals surface area (Å²) in [4.78, 5) is 16.8. The summed E-state index contributed by atoms with van der Waals surface area (Å²) in [5.74, 6) is -0.237. The molecule has 3 rings (SSSR count). The van der Waals surface area contributed by atoms with E-state index in [1.165, 1.54) is 0 Å². The zero-order valence-corrected chi connectivity index (χ0v) is 12.3. The second-order valence-corrected chi connectivity index (χ2v) is 5.22. The van der Waals surface area contributed by atoms with Crippen molar-refractivity contribution in [2.24, 2.45) is 5.73 Å². The number of fused-ring (bicyclic) bond motifs is 1. The van der Waals surface area contributed by atoms with Gasteiger partial charge >= 0.3 is 0 Å². The summed E-state index contributed by atoms with van der Waals surface area (Å²) < 4.78 is 0. The van der Waals surface area contributed by atoms with Crippen LogP contribution in [0.5, 0.6) is 0 Å². The summed E-state index contributed by atoms with van der Waals surface area (Å²) in [5, 5.41) is 3.90. The van der Waals surface area contributed by atoms with Crippen LogP contribution in [0.3, 0.4) is 0 Å². The second-order valence-electron chi connectivity index (χ2n) is 5.22. The van der Waals surface area contributed by atoms with E-state index < -0.39 is 0 Å². The van der Waals surface area contributed by atoms with Gasteiger partial charge in [0.05, 0.1) is 5.52 Å². The fraction of sp³-hybridized carbons (Fsp3) is 0.111. The first kappa shape index (κ1) is 14.2. The summed E-state index contributed by atoms with van der Waals surface area (Å²) in [5.41, 5.74) is 8.74. The molecule has 4 heteroatoms. The van der Waals surface area contributed by atoms with E-state index in [0.29, 0.717) is 5.69 Å². The summed E-state index contributed by atoms with van der Waals surface area (Å²) in [7, 11) is 0. The SMILES string of the molecule is CC(N)c1ccccc1NC(=O)c1ccc2ccccc2n1. The van der Waals surface area contributed by atoms with Crippen molar-refractivity contribution in [2.45, 2.75) is 13.0 Å². The first-order valence-electron chi connectivity index (χ1n) is 7.17. The minimum absolute atomic E-state index is 0.152. The van der Waals surface area contributed by atoms with Crippen LogP contribution in [0.1, 0.15) is 29.0 Å². The van der Waals surface area contributed by atoms with E-state index >= 15 is 0 Å². The number of nitrogens with zero attached hydrogens (tertiary/aromatic N) is 1. The number of pyridine rings is 1. The highest BCUT2D eigenvalue weighted by Crippen LogP contribution is 2.21. The predicted octanol–water partition coefficient (Wildman–Crippen LogP) is 3.51. The van der Waals surface area contributed by atoms with Gasteiger partial charge in [-0.25, -0.2) is 4.98 Å². The molecule has 0 saturated heterocycles. The van der Waals surface area contributed by atoms with E-state index in [9.17, 15) is 4.79 Å². The molecule has 4 nitrogen and oxygen atoms in total. The lowest BCUT2D eigenvalue weighted by atomic mass is 10.1. The zero-order chi connectivity index (χ0) is 15.5. The highest BCUT2D eigenvalue weighted by Gasteiger charge is 2.12. The Bertz CT molecular complexity index is 827. The Morgan fingerprint density at radius 2 is 1.77 bits per heavy atom. The molecule has 1 atom stereocenters. The van der Waals surface area contributed by atoms with Gasteiger partial charge in [-0.3, -0.25) is 4.79 Å². The van der Waals surface area contributed by atoms with Crippen molar-refractivity contribution < 1.29 is 4.79 Å². The lowest BCUT2D eigenvalue weighted by Crippen LogP contribution is -2.17. The Morgan fingerprint density at radius 3 is 2.59 bits per heavy atom. The van der Waals surface area contributed by atoms with Crippen molar-refractivity contribution in [2.75, 3.05) is 5.32 Å². The maximum Gasteiger partial charge on any atom is 0.274 e. The number of amides is 1. The third kappa shape index (κ3) is 2.82. The summed E-state index contributed by atoms with van der Waals surface area (Å²) in [6, 6.07) is 18.7. The minimum atomic E-state index is -0.237. The molecule has 2 aromatic carbocycles. The number of anilines is 1. The number of nitrogens with two attached hydrogens (primary N) is 1. The third-order valence-electron chi connectivity index (χ3n) is 3.53. The van der Waals surface area contributed by atoms with Crippen LogP contribution in [0.15, 0.2) is 60.7 Å². The van der Waals surface area contributed by atoms with Crippen LogP contribution in [-0.4, -0.2) is 10.9 Å². The lowest BCUT2D eigenvalue weighted by Gasteiger charge is -2.13. The monoisotopic (exact) mass is 291 g/mol. The average Bonchev–Trinajstić information content (AvgIpc) is 2.54. The number of carbonyl (C=O) groups is 1. The van der Waals surface area contributed by atoms with Crippen molar-refractivity contribution in [1.82, 2.24) is 4.98 Å². The molecule has 1 aromatic heterocycles. The number of para-hydroxylation sites is 2. The quantitative estimate of drug-likeness (QED) is 0.776. The molecule has 0 spiro atoms. The number of carbonyl (C=O) groups excluding carboxylic acids is 1. The first-order valence-corrected chi connectivity index (χ1v) is 7.17. The fourth-order valence-corrected chi connectivity index (χ4v) is 2.39. The number of benzene rings is 2. The molecule has 0 fully saturated rings. The summed E-state index contributed by atoms with van der Waals surface area (Å²) >= 11 is 0. The van der Waals surface area contributed by atoms with Gasteiger partial charge in [0.1, 0.15) is 5.69 Å². The van der Waals surface area contributed by atoms with Crippen LogP contribution in [-0.2, 0) is 0 Å². The first-order chi connectivity index (χ1) is 10.6. The van der Waals surface area contributed by atoms with Crippen LogP contribution in [0, 0.1) is 0 Å². The van der Waals surface area contributed by atoms with Crippen LogP contribution >= 0.6 is 0 Å². The van der Waals surface area contributed by atoms with Crippen molar-refractivity contribution in [3.8, 4) is 0 Å². The van der Waals surface area contributed by atoms with E-state index in [0.717, 1.165) is 22.2 Å². The molecule has 1 heterocycles. The molecule has 0 bridgehead atoms. The van der Waals surface area contributed by atoms with Gasteiger partial charge in [-0.15, -0.1) is 0 Å². The van der Waals surface area contributed by atoms with E-state index in [1.807, 2.05) is 61.5 Å². The molecule has 1 amide bonds. The van der Waals surface area contributed by atoms with Gasteiger partial charge in [0.2, 0.25) is 0 Å². The van der Waals surface area contributed by atoms with Gasteiger partial charge in [-0.05, 0) is 30.7 Å². The van der Waals surface area contributed by atoms with Crippen molar-refractivity contribution in [3.63, 3.8) is 0 Å². The Morgan fingerprint density at radius 1 is 1.05 bits per heavy atom. The lowest BCUT2D eigenvalue weighted by molar-refractivity contribution is 0.102. The molecule has 22 heavy (non-hydrogen) atoms. The van der Waals surface area contributed by atoms with Crippen LogP contribution in [0.2, 0.25) is 0 Å². The van der Waals surface area contributed by atoms with E-state index in [2.05, 4.69) is 10.3 Å². The molecule has 0 radical (unpaired) electrons. The number of aromatic nitrogens is 1. The third-order valence-corrected chi connectivity index (χ3v) is 3.53. The molecule has 3 aromatic rings. The standard InChI is InChI=1S/C18H17N3O/c1-12(19)14-7-3-5-9-16(14)21-18(22)17-11-10-13-6-2-4-8-15(13)20-17/h2-12H,19H2,1H3,(H,21,22). The topological polar surface area (TPSA) is 68.0 Å². The summed E-state index contributed by atoms with van der Waals surface area (Å²) in [6.07, 6.45) is 0. The van der Waals surface area contributed by atoms with Crippen molar-refractivity contribution in [1.29, 1.82) is 0 Å². The van der Waals surface area contributed by atoms with Gasteiger partial charge in [-0.2, -0.15) is 0 Å². The van der Waals surface area contributed by atoms with E-state index in [4.69, 9.17) is 5.73 Å². The molecule has 0 saturated carbocycles. The number of rotatable bonds is 3. The smallest absolute Gasteiger partial charge is 0.274 e. The number of hydrogen-bond donors (Lipinski definition) is 2. The highest BCUT2D eigenvalue weighted by molar-refractivity contribution is 6.04. The molecule has 0 aliphatic carbocycles. The fourth-order valence-electron chi connectivity index (χ4n) is 2.39. The molecular formula is C18H17N3O. The van der Waals surface area contributed by atoms with Crippen molar-refractivity contribution >= 4 is 22.5 Å². The molecule has 3 N–H and O–H groups in total. The normalized spacial score (nSPS) is 12.1. The molecule has 0 aliphatic rings. The maximum atomic E-state index is 12.4. The van der Waals surface area contributed by atoms with Gasteiger partial charge in [0.25, 0.3) is 5.91 Å². The van der Waals surface area contributed by atoms with Gasteiger partial charge in [-0.1, -0.05) is 42.5 Å². The Kier molecular flexibility index (Phi) is 3.85. The zero-order valence-electron chi connectivity index (χ0n) is 12.3. The van der Waals surface area contributed by atoms with Gasteiger partial charge in [0, 0.05) is 17.1 Å².